The molecule has 16 heavy (non-hydrogen) atoms. The van der Waals surface area contributed by atoms with Crippen LogP contribution in [-0.4, -0.2) is 9.78 Å². The van der Waals surface area contributed by atoms with E-state index in [0.717, 1.165) is 16.8 Å². The van der Waals surface area contributed by atoms with Crippen molar-refractivity contribution < 1.29 is 0 Å². The van der Waals surface area contributed by atoms with E-state index in [2.05, 4.69) is 11.2 Å². The van der Waals surface area contributed by atoms with Gasteiger partial charge in [0.25, 0.3) is 0 Å². The zero-order valence-electron chi connectivity index (χ0n) is 9.01. The van der Waals surface area contributed by atoms with Crippen molar-refractivity contribution >= 4 is 5.82 Å². The van der Waals surface area contributed by atoms with E-state index in [9.17, 15) is 0 Å². The van der Waals surface area contributed by atoms with Gasteiger partial charge in [-0.3, -0.25) is 0 Å². The first-order valence-electron chi connectivity index (χ1n) is 4.98. The van der Waals surface area contributed by atoms with Crippen LogP contribution in [-0.2, 0) is 6.42 Å². The van der Waals surface area contributed by atoms with Crippen LogP contribution in [0.25, 0.3) is 5.69 Å². The Morgan fingerprint density at radius 3 is 3.00 bits per heavy atom. The molecular weight excluding hydrogens is 200 g/mol. The van der Waals surface area contributed by atoms with Gasteiger partial charge in [0, 0.05) is 5.56 Å². The second kappa shape index (κ2) is 4.07. The molecule has 2 rings (SSSR count). The number of nitriles is 1. The second-order valence-corrected chi connectivity index (χ2v) is 3.64. The number of nitrogen functional groups attached to an aromatic ring is 1. The SMILES string of the molecule is Cc1cccc(-n2ncc(CC#N)c2N)c1. The van der Waals surface area contributed by atoms with E-state index in [0.29, 0.717) is 5.82 Å². The third kappa shape index (κ3) is 1.75. The van der Waals surface area contributed by atoms with Gasteiger partial charge in [-0.25, -0.2) is 4.68 Å². The molecule has 0 atom stereocenters. The number of rotatable bonds is 2. The number of anilines is 1. The molecular formula is C12H12N4. The largest absolute Gasteiger partial charge is 0.383 e. The number of nitrogens with two attached hydrogens (primary N) is 1. The number of hydrogen-bond acceptors (Lipinski definition) is 3. The summed E-state index contributed by atoms with van der Waals surface area (Å²) in [6, 6.07) is 9.97. The van der Waals surface area contributed by atoms with Gasteiger partial charge in [-0.15, -0.1) is 0 Å². The molecule has 0 saturated carbocycles. The first-order valence-corrected chi connectivity index (χ1v) is 4.98. The minimum absolute atomic E-state index is 0.289. The van der Waals surface area contributed by atoms with Crippen LogP contribution in [0, 0.1) is 18.3 Å². The Labute approximate surface area is 93.9 Å². The zero-order chi connectivity index (χ0) is 11.5. The van der Waals surface area contributed by atoms with Crippen LogP contribution in [0.3, 0.4) is 0 Å². The molecule has 0 aliphatic rings. The van der Waals surface area contributed by atoms with Crippen molar-refractivity contribution in [2.75, 3.05) is 5.73 Å². The molecule has 0 amide bonds. The lowest BCUT2D eigenvalue weighted by Gasteiger charge is -2.05. The predicted molar refractivity (Wildman–Crippen MR) is 62.0 cm³/mol. The molecule has 4 nitrogen and oxygen atoms in total. The average molecular weight is 212 g/mol. The highest BCUT2D eigenvalue weighted by atomic mass is 15.3. The fourth-order valence-corrected chi connectivity index (χ4v) is 1.58. The molecule has 0 bridgehead atoms. The molecule has 0 aliphatic carbocycles. The molecule has 0 unspecified atom stereocenters. The summed E-state index contributed by atoms with van der Waals surface area (Å²) in [5.41, 5.74) is 8.75. The Morgan fingerprint density at radius 1 is 1.50 bits per heavy atom. The topological polar surface area (TPSA) is 67.6 Å². The van der Waals surface area contributed by atoms with E-state index in [-0.39, 0.29) is 6.42 Å². The third-order valence-corrected chi connectivity index (χ3v) is 2.40. The lowest BCUT2D eigenvalue weighted by molar-refractivity contribution is 0.889. The Hall–Kier alpha value is -2.28. The van der Waals surface area contributed by atoms with E-state index < -0.39 is 0 Å². The standard InChI is InChI=1S/C12H12N4/c1-9-3-2-4-11(7-9)16-12(14)10(5-6-13)8-15-16/h2-4,7-8H,5,14H2,1H3. The fourth-order valence-electron chi connectivity index (χ4n) is 1.58. The molecule has 4 heteroatoms. The average Bonchev–Trinajstić information content (AvgIpc) is 2.61. The summed E-state index contributed by atoms with van der Waals surface area (Å²) in [6.45, 7) is 2.01. The van der Waals surface area contributed by atoms with Gasteiger partial charge < -0.3 is 5.73 Å². The second-order valence-electron chi connectivity index (χ2n) is 3.64. The Kier molecular flexibility index (Phi) is 2.61. The predicted octanol–water partition coefficient (Wildman–Crippen LogP) is 1.83. The maximum atomic E-state index is 8.63. The summed E-state index contributed by atoms with van der Waals surface area (Å²) in [5, 5.41) is 12.8. The van der Waals surface area contributed by atoms with E-state index in [1.54, 1.807) is 10.9 Å². The molecule has 80 valence electrons. The summed E-state index contributed by atoms with van der Waals surface area (Å²) >= 11 is 0. The normalized spacial score (nSPS) is 10.0. The number of aromatic nitrogens is 2. The van der Waals surface area contributed by atoms with Gasteiger partial charge in [-0.05, 0) is 24.6 Å². The van der Waals surface area contributed by atoms with Gasteiger partial charge in [-0.1, -0.05) is 12.1 Å². The maximum Gasteiger partial charge on any atom is 0.131 e. The van der Waals surface area contributed by atoms with Crippen molar-refractivity contribution in [1.29, 1.82) is 5.26 Å². The smallest absolute Gasteiger partial charge is 0.131 e. The Morgan fingerprint density at radius 2 is 2.31 bits per heavy atom. The highest BCUT2D eigenvalue weighted by Gasteiger charge is 2.08. The van der Waals surface area contributed by atoms with Crippen LogP contribution in [0.2, 0.25) is 0 Å². The van der Waals surface area contributed by atoms with Crippen molar-refractivity contribution in [2.24, 2.45) is 0 Å². The molecule has 1 aromatic heterocycles. The molecule has 0 fully saturated rings. The molecule has 2 N–H and O–H groups in total. The number of benzene rings is 1. The monoisotopic (exact) mass is 212 g/mol. The first-order chi connectivity index (χ1) is 7.72. The summed E-state index contributed by atoms with van der Waals surface area (Å²) in [4.78, 5) is 0. The van der Waals surface area contributed by atoms with Gasteiger partial charge in [-0.2, -0.15) is 10.4 Å². The minimum atomic E-state index is 0.289. The molecule has 0 aliphatic heterocycles. The lowest BCUT2D eigenvalue weighted by Crippen LogP contribution is -2.03. The van der Waals surface area contributed by atoms with Crippen molar-refractivity contribution in [3.05, 3.63) is 41.6 Å². The van der Waals surface area contributed by atoms with Gasteiger partial charge in [0.1, 0.15) is 5.82 Å². The highest BCUT2D eigenvalue weighted by Crippen LogP contribution is 2.17. The third-order valence-electron chi connectivity index (χ3n) is 2.40. The number of hydrogen-bond donors (Lipinski definition) is 1. The summed E-state index contributed by atoms with van der Waals surface area (Å²) < 4.78 is 1.65. The van der Waals surface area contributed by atoms with E-state index in [1.165, 1.54) is 0 Å². The van der Waals surface area contributed by atoms with E-state index in [1.807, 2.05) is 31.2 Å². The van der Waals surface area contributed by atoms with Crippen LogP contribution in [0.1, 0.15) is 11.1 Å². The van der Waals surface area contributed by atoms with E-state index in [4.69, 9.17) is 11.0 Å². The molecule has 0 radical (unpaired) electrons. The van der Waals surface area contributed by atoms with Crippen molar-refractivity contribution in [2.45, 2.75) is 13.3 Å². The fraction of sp³-hybridized carbons (Fsp3) is 0.167. The zero-order valence-corrected chi connectivity index (χ0v) is 9.01. The summed E-state index contributed by atoms with van der Waals surface area (Å²) in [5.74, 6) is 0.534. The molecule has 0 spiro atoms. The first kappa shape index (κ1) is 10.2. The lowest BCUT2D eigenvalue weighted by atomic mass is 10.2. The molecule has 1 heterocycles. The number of nitrogens with zero attached hydrogens (tertiary/aromatic N) is 3. The Bertz CT molecular complexity index is 548. The van der Waals surface area contributed by atoms with Gasteiger partial charge >= 0.3 is 0 Å². The van der Waals surface area contributed by atoms with Crippen LogP contribution < -0.4 is 5.73 Å². The maximum absolute atomic E-state index is 8.63. The van der Waals surface area contributed by atoms with Gasteiger partial charge in [0.15, 0.2) is 0 Å². The minimum Gasteiger partial charge on any atom is -0.383 e. The molecule has 2 aromatic rings. The van der Waals surface area contributed by atoms with Crippen molar-refractivity contribution in [3.8, 4) is 11.8 Å². The van der Waals surface area contributed by atoms with Gasteiger partial charge in [0.2, 0.25) is 0 Å². The summed E-state index contributed by atoms with van der Waals surface area (Å²) in [6.07, 6.45) is 1.93. The Balaban J connectivity index is 2.46. The summed E-state index contributed by atoms with van der Waals surface area (Å²) in [7, 11) is 0. The van der Waals surface area contributed by atoms with Crippen LogP contribution in [0.5, 0.6) is 0 Å². The number of aryl methyl sites for hydroxylation is 1. The quantitative estimate of drug-likeness (QED) is 0.825. The van der Waals surface area contributed by atoms with Crippen molar-refractivity contribution in [3.63, 3.8) is 0 Å². The van der Waals surface area contributed by atoms with Crippen molar-refractivity contribution in [1.82, 2.24) is 9.78 Å². The van der Waals surface area contributed by atoms with E-state index >= 15 is 0 Å². The highest BCUT2D eigenvalue weighted by molar-refractivity contribution is 5.48. The van der Waals surface area contributed by atoms with Crippen LogP contribution >= 0.6 is 0 Å². The van der Waals surface area contributed by atoms with Crippen LogP contribution in [0.15, 0.2) is 30.5 Å². The molecule has 0 saturated heterocycles. The molecule has 1 aromatic carbocycles. The van der Waals surface area contributed by atoms with Crippen LogP contribution in [0.4, 0.5) is 5.82 Å². The van der Waals surface area contributed by atoms with Gasteiger partial charge in [0.05, 0.1) is 24.4 Å².